The Kier molecular flexibility index (Phi) is 6.86. The smallest absolute Gasteiger partial charge is 0.309 e. The molecule has 34 heavy (non-hydrogen) atoms. The van der Waals surface area contributed by atoms with Crippen LogP contribution in [0.5, 0.6) is 0 Å². The van der Waals surface area contributed by atoms with Crippen molar-refractivity contribution < 1.29 is 22.4 Å². The minimum Gasteiger partial charge on any atom is -0.455 e. The molecule has 2 heterocycles. The van der Waals surface area contributed by atoms with Crippen molar-refractivity contribution in [2.75, 3.05) is 13.1 Å². The van der Waals surface area contributed by atoms with Gasteiger partial charge in [0.2, 0.25) is 15.9 Å². The van der Waals surface area contributed by atoms with Crippen LogP contribution in [-0.2, 0) is 26.2 Å². The fourth-order valence-corrected chi connectivity index (χ4v) is 6.33. The molecule has 0 amide bonds. The molecular formula is C25H29N3O5S. The highest BCUT2D eigenvalue weighted by atomic mass is 32.2. The van der Waals surface area contributed by atoms with Gasteiger partial charge in [-0.25, -0.2) is 8.42 Å². The van der Waals surface area contributed by atoms with Gasteiger partial charge in [-0.3, -0.25) is 4.79 Å². The van der Waals surface area contributed by atoms with Crippen molar-refractivity contribution in [3.05, 3.63) is 64.5 Å². The third-order valence-corrected chi connectivity index (χ3v) is 8.68. The first-order valence-corrected chi connectivity index (χ1v) is 12.7. The fourth-order valence-electron chi connectivity index (χ4n) is 4.29. The standard InChI is InChI=1S/C25H29N3O5S/c1-16-14-17(2)19(4)23(18(16)3)34(30,31)28-12-10-21(11-13-28)25(29)32-15-22-26-27-24(33-22)20-8-6-5-7-9-20/h5-9,14,21H,10-13,15H2,1-4H3. The van der Waals surface area contributed by atoms with Crippen molar-refractivity contribution >= 4 is 16.0 Å². The Morgan fingerprint density at radius 3 is 2.26 bits per heavy atom. The van der Waals surface area contributed by atoms with Gasteiger partial charge in [0.1, 0.15) is 0 Å². The topological polar surface area (TPSA) is 103 Å². The van der Waals surface area contributed by atoms with E-state index in [1.807, 2.05) is 64.1 Å². The maximum absolute atomic E-state index is 13.4. The Labute approximate surface area is 200 Å². The number of esters is 1. The van der Waals surface area contributed by atoms with Gasteiger partial charge in [-0.15, -0.1) is 10.2 Å². The van der Waals surface area contributed by atoms with Gasteiger partial charge in [0.25, 0.3) is 5.89 Å². The fraction of sp³-hybridized carbons (Fsp3) is 0.400. The number of piperidine rings is 1. The number of aromatic nitrogens is 2. The number of nitrogens with zero attached hydrogens (tertiary/aromatic N) is 3. The van der Waals surface area contributed by atoms with E-state index in [4.69, 9.17) is 9.15 Å². The van der Waals surface area contributed by atoms with Gasteiger partial charge in [0, 0.05) is 18.7 Å². The van der Waals surface area contributed by atoms with E-state index in [2.05, 4.69) is 10.2 Å². The molecular weight excluding hydrogens is 454 g/mol. The van der Waals surface area contributed by atoms with Gasteiger partial charge in [0.05, 0.1) is 10.8 Å². The molecule has 0 N–H and O–H groups in total. The average molecular weight is 484 g/mol. The van der Waals surface area contributed by atoms with Crippen LogP contribution in [0.2, 0.25) is 0 Å². The first-order valence-electron chi connectivity index (χ1n) is 11.3. The van der Waals surface area contributed by atoms with E-state index in [9.17, 15) is 13.2 Å². The molecule has 1 aromatic heterocycles. The number of carbonyl (C=O) groups is 1. The summed E-state index contributed by atoms with van der Waals surface area (Å²) in [4.78, 5) is 13.0. The van der Waals surface area contributed by atoms with Crippen LogP contribution in [-0.4, -0.2) is 42.0 Å². The van der Waals surface area contributed by atoms with Crippen LogP contribution in [0.15, 0.2) is 45.7 Å². The normalized spacial score (nSPS) is 15.4. The summed E-state index contributed by atoms with van der Waals surface area (Å²) in [7, 11) is -3.65. The predicted molar refractivity (Wildman–Crippen MR) is 126 cm³/mol. The van der Waals surface area contributed by atoms with E-state index in [0.29, 0.717) is 23.6 Å². The minimum atomic E-state index is -3.65. The van der Waals surface area contributed by atoms with Crippen molar-refractivity contribution in [1.82, 2.24) is 14.5 Å². The summed E-state index contributed by atoms with van der Waals surface area (Å²) < 4.78 is 39.3. The molecule has 0 saturated carbocycles. The van der Waals surface area contributed by atoms with Crippen molar-refractivity contribution in [2.24, 2.45) is 5.92 Å². The van der Waals surface area contributed by atoms with E-state index < -0.39 is 10.0 Å². The predicted octanol–water partition coefficient (Wildman–Crippen LogP) is 4.11. The second-order valence-electron chi connectivity index (χ2n) is 8.74. The minimum absolute atomic E-state index is 0.113. The summed E-state index contributed by atoms with van der Waals surface area (Å²) in [6.07, 6.45) is 0.806. The third kappa shape index (κ3) is 4.76. The summed E-state index contributed by atoms with van der Waals surface area (Å²) in [5.74, 6) is -0.171. The quantitative estimate of drug-likeness (QED) is 0.486. The molecule has 0 spiro atoms. The molecule has 3 aromatic rings. The Balaban J connectivity index is 1.36. The van der Waals surface area contributed by atoms with E-state index in [1.54, 1.807) is 0 Å². The van der Waals surface area contributed by atoms with Gasteiger partial charge in [-0.2, -0.15) is 4.31 Å². The molecule has 1 saturated heterocycles. The first kappa shape index (κ1) is 24.1. The number of carbonyl (C=O) groups excluding carboxylic acids is 1. The van der Waals surface area contributed by atoms with Crippen molar-refractivity contribution in [2.45, 2.75) is 52.0 Å². The van der Waals surface area contributed by atoms with Crippen LogP contribution in [0.1, 0.15) is 41.0 Å². The Morgan fingerprint density at radius 1 is 1.03 bits per heavy atom. The third-order valence-electron chi connectivity index (χ3n) is 6.51. The molecule has 1 aliphatic rings. The molecule has 0 unspecified atom stereocenters. The highest BCUT2D eigenvalue weighted by Crippen LogP contribution is 2.31. The zero-order chi connectivity index (χ0) is 24.5. The number of aryl methyl sites for hydroxylation is 2. The molecule has 9 heteroatoms. The highest BCUT2D eigenvalue weighted by molar-refractivity contribution is 7.89. The number of hydrogen-bond acceptors (Lipinski definition) is 7. The van der Waals surface area contributed by atoms with Crippen LogP contribution in [0, 0.1) is 33.6 Å². The van der Waals surface area contributed by atoms with E-state index >= 15 is 0 Å². The van der Waals surface area contributed by atoms with Crippen LogP contribution in [0.4, 0.5) is 0 Å². The zero-order valence-corrected chi connectivity index (χ0v) is 20.7. The molecule has 4 rings (SSSR count). The molecule has 8 nitrogen and oxygen atoms in total. The molecule has 2 aromatic carbocycles. The number of rotatable bonds is 6. The van der Waals surface area contributed by atoms with Gasteiger partial charge in [-0.05, 0) is 74.9 Å². The molecule has 1 aliphatic heterocycles. The summed E-state index contributed by atoms with van der Waals surface area (Å²) in [5, 5.41) is 7.92. The van der Waals surface area contributed by atoms with Gasteiger partial charge in [-0.1, -0.05) is 24.3 Å². The number of ether oxygens (including phenoxy) is 1. The molecule has 0 aliphatic carbocycles. The lowest BCUT2D eigenvalue weighted by molar-refractivity contribution is -0.151. The largest absolute Gasteiger partial charge is 0.455 e. The monoisotopic (exact) mass is 483 g/mol. The summed E-state index contributed by atoms with van der Waals surface area (Å²) in [6, 6.07) is 11.4. The van der Waals surface area contributed by atoms with E-state index in [1.165, 1.54) is 4.31 Å². The van der Waals surface area contributed by atoms with Gasteiger partial charge < -0.3 is 9.15 Å². The van der Waals surface area contributed by atoms with Crippen LogP contribution < -0.4 is 0 Å². The molecule has 180 valence electrons. The number of benzene rings is 2. The van der Waals surface area contributed by atoms with Crippen molar-refractivity contribution in [3.63, 3.8) is 0 Å². The first-order chi connectivity index (χ1) is 16.2. The van der Waals surface area contributed by atoms with Crippen LogP contribution in [0.25, 0.3) is 11.5 Å². The second-order valence-corrected chi connectivity index (χ2v) is 10.6. The summed E-state index contributed by atoms with van der Waals surface area (Å²) >= 11 is 0. The van der Waals surface area contributed by atoms with Crippen molar-refractivity contribution in [1.29, 1.82) is 0 Å². The van der Waals surface area contributed by atoms with E-state index in [0.717, 1.165) is 27.8 Å². The lowest BCUT2D eigenvalue weighted by Crippen LogP contribution is -2.41. The van der Waals surface area contributed by atoms with Gasteiger partial charge >= 0.3 is 5.97 Å². The average Bonchev–Trinajstić information content (AvgIpc) is 3.31. The molecule has 1 fully saturated rings. The van der Waals surface area contributed by atoms with Crippen molar-refractivity contribution in [3.8, 4) is 11.5 Å². The summed E-state index contributed by atoms with van der Waals surface area (Å²) in [6.45, 7) is 7.97. The zero-order valence-electron chi connectivity index (χ0n) is 19.9. The summed E-state index contributed by atoms with van der Waals surface area (Å²) in [5.41, 5.74) is 4.25. The highest BCUT2D eigenvalue weighted by Gasteiger charge is 2.35. The maximum Gasteiger partial charge on any atom is 0.309 e. The maximum atomic E-state index is 13.4. The lowest BCUT2D eigenvalue weighted by Gasteiger charge is -2.31. The Morgan fingerprint density at radius 2 is 1.65 bits per heavy atom. The van der Waals surface area contributed by atoms with Crippen LogP contribution in [0.3, 0.4) is 0 Å². The van der Waals surface area contributed by atoms with E-state index in [-0.39, 0.29) is 37.5 Å². The second kappa shape index (κ2) is 9.68. The molecule has 0 atom stereocenters. The number of hydrogen-bond donors (Lipinski definition) is 0. The SMILES string of the molecule is Cc1cc(C)c(C)c(S(=O)(=O)N2CCC(C(=O)OCc3nnc(-c4ccccc4)o3)CC2)c1C. The Bertz CT molecular complexity index is 1270. The Hall–Kier alpha value is -3.04. The molecule has 0 radical (unpaired) electrons. The lowest BCUT2D eigenvalue weighted by atomic mass is 9.98. The van der Waals surface area contributed by atoms with Gasteiger partial charge in [0.15, 0.2) is 6.61 Å². The number of sulfonamides is 1. The van der Waals surface area contributed by atoms with Crippen LogP contribution >= 0.6 is 0 Å². The molecule has 0 bridgehead atoms.